The Labute approximate surface area is 170 Å². The van der Waals surface area contributed by atoms with Crippen LogP contribution in [0, 0.1) is 0 Å². The SMILES string of the molecule is CCCC(=O)c1ccc2c(c1)N(CC(=O)NC(C)c1ccccc1)C(=O)C(C)O2. The Morgan fingerprint density at radius 1 is 1.17 bits per heavy atom. The number of nitrogens with one attached hydrogen (secondary N) is 1. The van der Waals surface area contributed by atoms with Crippen molar-refractivity contribution < 1.29 is 19.1 Å². The van der Waals surface area contributed by atoms with Crippen molar-refractivity contribution in [2.45, 2.75) is 45.8 Å². The summed E-state index contributed by atoms with van der Waals surface area (Å²) in [5, 5.41) is 2.93. The van der Waals surface area contributed by atoms with Crippen molar-refractivity contribution in [1.29, 1.82) is 0 Å². The van der Waals surface area contributed by atoms with Gasteiger partial charge in [-0.1, -0.05) is 37.3 Å². The minimum Gasteiger partial charge on any atom is -0.479 e. The molecular weight excluding hydrogens is 368 g/mol. The Morgan fingerprint density at radius 2 is 1.90 bits per heavy atom. The van der Waals surface area contributed by atoms with Gasteiger partial charge in [0.2, 0.25) is 5.91 Å². The first-order valence-corrected chi connectivity index (χ1v) is 9.90. The van der Waals surface area contributed by atoms with Crippen molar-refractivity contribution in [2.75, 3.05) is 11.4 Å². The van der Waals surface area contributed by atoms with Gasteiger partial charge in [-0.2, -0.15) is 0 Å². The standard InChI is InChI=1S/C23H26N2O4/c1-4-8-20(26)18-11-12-21-19(13-18)25(23(28)16(3)29-21)14-22(27)24-15(2)17-9-6-5-7-10-17/h5-7,9-13,15-16H,4,8,14H2,1-3H3,(H,24,27). The van der Waals surface area contributed by atoms with Crippen LogP contribution in [-0.2, 0) is 9.59 Å². The van der Waals surface area contributed by atoms with Crippen molar-refractivity contribution >= 4 is 23.3 Å². The number of fused-ring (bicyclic) bond motifs is 1. The molecule has 1 aliphatic heterocycles. The first-order chi connectivity index (χ1) is 13.9. The zero-order valence-corrected chi connectivity index (χ0v) is 17.0. The lowest BCUT2D eigenvalue weighted by molar-refractivity contribution is -0.128. The maximum atomic E-state index is 12.7. The molecule has 0 fully saturated rings. The van der Waals surface area contributed by atoms with Gasteiger partial charge in [0.25, 0.3) is 5.91 Å². The lowest BCUT2D eigenvalue weighted by Crippen LogP contribution is -2.49. The first kappa shape index (κ1) is 20.6. The van der Waals surface area contributed by atoms with E-state index in [-0.39, 0.29) is 30.2 Å². The zero-order chi connectivity index (χ0) is 21.0. The Balaban J connectivity index is 1.81. The summed E-state index contributed by atoms with van der Waals surface area (Å²) in [5.74, 6) is -0.0855. The molecule has 2 atom stereocenters. The van der Waals surface area contributed by atoms with Crippen LogP contribution in [0.1, 0.15) is 55.6 Å². The van der Waals surface area contributed by atoms with Gasteiger partial charge in [0.05, 0.1) is 11.7 Å². The van der Waals surface area contributed by atoms with Crippen molar-refractivity contribution in [3.05, 3.63) is 59.7 Å². The normalized spacial score (nSPS) is 16.6. The maximum Gasteiger partial charge on any atom is 0.268 e. The summed E-state index contributed by atoms with van der Waals surface area (Å²) in [4.78, 5) is 39.1. The first-order valence-electron chi connectivity index (χ1n) is 9.90. The molecule has 2 aromatic carbocycles. The maximum absolute atomic E-state index is 12.7. The molecule has 2 unspecified atom stereocenters. The second-order valence-corrected chi connectivity index (χ2v) is 7.24. The molecule has 2 amide bonds. The highest BCUT2D eigenvalue weighted by Crippen LogP contribution is 2.35. The van der Waals surface area contributed by atoms with E-state index in [1.807, 2.05) is 44.2 Å². The monoisotopic (exact) mass is 394 g/mol. The third kappa shape index (κ3) is 4.65. The number of amides is 2. The Morgan fingerprint density at radius 3 is 2.59 bits per heavy atom. The largest absolute Gasteiger partial charge is 0.479 e. The van der Waals surface area contributed by atoms with Crippen LogP contribution >= 0.6 is 0 Å². The number of Topliss-reactive ketones (excluding diaryl/α,β-unsaturated/α-hetero) is 1. The lowest BCUT2D eigenvalue weighted by atomic mass is 10.0. The molecule has 6 nitrogen and oxygen atoms in total. The van der Waals surface area contributed by atoms with Gasteiger partial charge in [-0.15, -0.1) is 0 Å². The van der Waals surface area contributed by atoms with Crippen molar-refractivity contribution in [2.24, 2.45) is 0 Å². The van der Waals surface area contributed by atoms with Gasteiger partial charge in [-0.05, 0) is 44.0 Å². The molecule has 1 N–H and O–H groups in total. The van der Waals surface area contributed by atoms with E-state index in [9.17, 15) is 14.4 Å². The van der Waals surface area contributed by atoms with Crippen LogP contribution in [0.4, 0.5) is 5.69 Å². The number of benzene rings is 2. The fourth-order valence-electron chi connectivity index (χ4n) is 3.37. The van der Waals surface area contributed by atoms with Crippen molar-refractivity contribution in [1.82, 2.24) is 5.32 Å². The van der Waals surface area contributed by atoms with Crippen LogP contribution in [0.2, 0.25) is 0 Å². The molecule has 1 heterocycles. The second kappa shape index (κ2) is 8.90. The predicted molar refractivity (Wildman–Crippen MR) is 111 cm³/mol. The quantitative estimate of drug-likeness (QED) is 0.727. The van der Waals surface area contributed by atoms with E-state index >= 15 is 0 Å². The fourth-order valence-corrected chi connectivity index (χ4v) is 3.37. The summed E-state index contributed by atoms with van der Waals surface area (Å²) in [6.45, 7) is 5.35. The van der Waals surface area contributed by atoms with Gasteiger partial charge in [0.1, 0.15) is 12.3 Å². The van der Waals surface area contributed by atoms with Crippen LogP contribution in [0.3, 0.4) is 0 Å². The molecule has 0 spiro atoms. The van der Waals surface area contributed by atoms with E-state index in [2.05, 4.69) is 5.32 Å². The molecule has 152 valence electrons. The topological polar surface area (TPSA) is 75.7 Å². The highest BCUT2D eigenvalue weighted by atomic mass is 16.5. The number of nitrogens with zero attached hydrogens (tertiary/aromatic N) is 1. The van der Waals surface area contributed by atoms with E-state index in [1.54, 1.807) is 25.1 Å². The molecule has 0 radical (unpaired) electrons. The average molecular weight is 394 g/mol. The van der Waals surface area contributed by atoms with E-state index in [0.29, 0.717) is 23.4 Å². The number of anilines is 1. The van der Waals surface area contributed by atoms with E-state index in [4.69, 9.17) is 4.74 Å². The Kier molecular flexibility index (Phi) is 6.32. The number of ketones is 1. The van der Waals surface area contributed by atoms with Gasteiger partial charge < -0.3 is 10.1 Å². The molecule has 2 aromatic rings. The van der Waals surface area contributed by atoms with Gasteiger partial charge in [0, 0.05) is 12.0 Å². The summed E-state index contributed by atoms with van der Waals surface area (Å²) < 4.78 is 5.67. The molecule has 0 bridgehead atoms. The molecule has 29 heavy (non-hydrogen) atoms. The highest BCUT2D eigenvalue weighted by molar-refractivity contribution is 6.05. The molecule has 0 aromatic heterocycles. The third-order valence-electron chi connectivity index (χ3n) is 4.95. The molecule has 0 saturated heterocycles. The summed E-state index contributed by atoms with van der Waals surface area (Å²) in [6.07, 6.45) is 0.476. The minimum atomic E-state index is -0.695. The summed E-state index contributed by atoms with van der Waals surface area (Å²) in [6, 6.07) is 14.5. The van der Waals surface area contributed by atoms with Gasteiger partial charge in [0.15, 0.2) is 11.9 Å². The molecule has 0 aliphatic carbocycles. The van der Waals surface area contributed by atoms with E-state index in [0.717, 1.165) is 12.0 Å². The smallest absolute Gasteiger partial charge is 0.268 e. The second-order valence-electron chi connectivity index (χ2n) is 7.24. The van der Waals surface area contributed by atoms with Crippen LogP contribution in [0.5, 0.6) is 5.75 Å². The van der Waals surface area contributed by atoms with Crippen LogP contribution < -0.4 is 15.0 Å². The molecular formula is C23H26N2O4. The van der Waals surface area contributed by atoms with E-state index in [1.165, 1.54) is 4.90 Å². The minimum absolute atomic E-state index is 0.00322. The fraction of sp³-hybridized carbons (Fsp3) is 0.348. The number of carbonyl (C=O) groups is 3. The molecule has 3 rings (SSSR count). The highest BCUT2D eigenvalue weighted by Gasteiger charge is 2.33. The zero-order valence-electron chi connectivity index (χ0n) is 17.0. The number of hydrogen-bond donors (Lipinski definition) is 1. The van der Waals surface area contributed by atoms with Crippen LogP contribution in [0.15, 0.2) is 48.5 Å². The number of hydrogen-bond acceptors (Lipinski definition) is 4. The van der Waals surface area contributed by atoms with Crippen LogP contribution in [0.25, 0.3) is 0 Å². The summed E-state index contributed by atoms with van der Waals surface area (Å²) in [5.41, 5.74) is 1.95. The van der Waals surface area contributed by atoms with Gasteiger partial charge in [-0.3, -0.25) is 19.3 Å². The van der Waals surface area contributed by atoms with Gasteiger partial charge >= 0.3 is 0 Å². The third-order valence-corrected chi connectivity index (χ3v) is 4.95. The average Bonchev–Trinajstić information content (AvgIpc) is 2.72. The summed E-state index contributed by atoms with van der Waals surface area (Å²) in [7, 11) is 0. The van der Waals surface area contributed by atoms with E-state index < -0.39 is 6.10 Å². The number of rotatable bonds is 7. The van der Waals surface area contributed by atoms with Gasteiger partial charge in [-0.25, -0.2) is 0 Å². The predicted octanol–water partition coefficient (Wildman–Crippen LogP) is 3.66. The Hall–Kier alpha value is -3.15. The number of carbonyl (C=O) groups excluding carboxylic acids is 3. The molecule has 6 heteroatoms. The number of ether oxygens (including phenoxy) is 1. The van der Waals surface area contributed by atoms with Crippen LogP contribution in [-0.4, -0.2) is 30.2 Å². The lowest BCUT2D eigenvalue weighted by Gasteiger charge is -2.33. The Bertz CT molecular complexity index is 910. The summed E-state index contributed by atoms with van der Waals surface area (Å²) >= 11 is 0. The van der Waals surface area contributed by atoms with Crippen molar-refractivity contribution in [3.8, 4) is 5.75 Å². The van der Waals surface area contributed by atoms with Crippen molar-refractivity contribution in [3.63, 3.8) is 0 Å². The molecule has 0 saturated carbocycles. The molecule has 1 aliphatic rings.